The van der Waals surface area contributed by atoms with E-state index in [-0.39, 0.29) is 35.3 Å². The largest absolute Gasteiger partial charge is 0.508 e. The minimum absolute atomic E-state index is 0.0605. The first kappa shape index (κ1) is 27.6. The number of hydrogen-bond acceptors (Lipinski definition) is 10. The van der Waals surface area contributed by atoms with Gasteiger partial charge in [-0.2, -0.15) is 0 Å². The molecule has 11 nitrogen and oxygen atoms in total. The lowest BCUT2D eigenvalue weighted by molar-refractivity contribution is -0.153. The van der Waals surface area contributed by atoms with Crippen molar-refractivity contribution in [3.8, 4) is 5.75 Å². The quantitative estimate of drug-likeness (QED) is 0.158. The van der Waals surface area contributed by atoms with Crippen molar-refractivity contribution < 1.29 is 34.8 Å². The molecule has 206 valence electrons. The number of carbonyl (C=O) groups excluding carboxylic acids is 3. The van der Waals surface area contributed by atoms with Crippen LogP contribution in [0.15, 0.2) is 29.0 Å². The molecule has 3 aliphatic rings. The monoisotopic (exact) mass is 528 g/mol. The number of aromatic hydroxyl groups is 1. The number of hydrogen-bond donors (Lipinski definition) is 7. The minimum atomic E-state index is -2.64. The smallest absolute Gasteiger partial charge is 0.255 e. The van der Waals surface area contributed by atoms with Gasteiger partial charge in [-0.05, 0) is 65.3 Å². The molecule has 0 unspecified atom stereocenters. The number of aliphatic hydroxyl groups is 3. The Labute approximate surface area is 221 Å². The summed E-state index contributed by atoms with van der Waals surface area (Å²) in [7, 11) is 3.13. The third-order valence-electron chi connectivity index (χ3n) is 7.69. The number of Topliss-reactive ketones (excluding diaryl/α,β-unsaturated/α-hetero) is 2. The Bertz CT molecular complexity index is 1280. The van der Waals surface area contributed by atoms with Gasteiger partial charge in [-0.25, -0.2) is 0 Å². The average molecular weight is 529 g/mol. The van der Waals surface area contributed by atoms with Crippen molar-refractivity contribution in [3.63, 3.8) is 0 Å². The SMILES string of the molecule is CN(C)[C@@H]1C(=O)C(C(N)=O)=C(O)[C@@]2(O)C(=O)C3=C(O)c4c(ccc(NCCNC(C)(C)C)c4O)C[C@H]3C[C@@H]12. The number of phenols is 1. The van der Waals surface area contributed by atoms with Crippen LogP contribution in [0.3, 0.4) is 0 Å². The number of nitrogens with two attached hydrogens (primary N) is 1. The second kappa shape index (κ2) is 9.40. The third kappa shape index (κ3) is 4.24. The van der Waals surface area contributed by atoms with E-state index in [0.29, 0.717) is 24.3 Å². The van der Waals surface area contributed by atoms with Crippen LogP contribution in [-0.2, 0) is 20.8 Å². The van der Waals surface area contributed by atoms with Crippen molar-refractivity contribution in [2.45, 2.75) is 50.8 Å². The van der Waals surface area contributed by atoms with Crippen LogP contribution in [0, 0.1) is 11.8 Å². The fourth-order valence-corrected chi connectivity index (χ4v) is 6.00. The molecule has 0 aromatic heterocycles. The maximum atomic E-state index is 13.8. The highest BCUT2D eigenvalue weighted by Crippen LogP contribution is 2.53. The van der Waals surface area contributed by atoms with Gasteiger partial charge in [0.2, 0.25) is 5.78 Å². The number of primary amides is 1. The van der Waals surface area contributed by atoms with Gasteiger partial charge in [0.05, 0.1) is 17.3 Å². The van der Waals surface area contributed by atoms with E-state index in [1.54, 1.807) is 26.2 Å². The van der Waals surface area contributed by atoms with Crippen LogP contribution in [0.2, 0.25) is 0 Å². The zero-order chi connectivity index (χ0) is 28.3. The summed E-state index contributed by atoms with van der Waals surface area (Å²) in [4.78, 5) is 40.5. The number of nitrogens with one attached hydrogen (secondary N) is 2. The molecule has 1 fully saturated rings. The molecule has 1 aromatic carbocycles. The lowest BCUT2D eigenvalue weighted by atomic mass is 9.57. The van der Waals surface area contributed by atoms with Gasteiger partial charge in [-0.15, -0.1) is 0 Å². The van der Waals surface area contributed by atoms with Gasteiger partial charge >= 0.3 is 0 Å². The molecule has 0 aliphatic heterocycles. The molecule has 0 radical (unpaired) electrons. The van der Waals surface area contributed by atoms with Gasteiger partial charge in [-0.1, -0.05) is 6.07 Å². The summed E-state index contributed by atoms with van der Waals surface area (Å²) in [6, 6.07) is 2.35. The topological polar surface area (TPSA) is 185 Å². The normalized spacial score (nSPS) is 27.3. The number of ketones is 2. The highest BCUT2D eigenvalue weighted by Gasteiger charge is 2.64. The highest BCUT2D eigenvalue weighted by molar-refractivity contribution is 6.24. The number of aliphatic hydroxyl groups excluding tert-OH is 2. The van der Waals surface area contributed by atoms with Crippen LogP contribution in [0.5, 0.6) is 5.75 Å². The fraction of sp³-hybridized carbons (Fsp3) is 0.519. The number of rotatable bonds is 6. The van der Waals surface area contributed by atoms with Gasteiger partial charge in [0.15, 0.2) is 11.4 Å². The predicted molar refractivity (Wildman–Crippen MR) is 140 cm³/mol. The summed E-state index contributed by atoms with van der Waals surface area (Å²) in [6.07, 6.45) is 0.318. The fourth-order valence-electron chi connectivity index (χ4n) is 6.00. The van der Waals surface area contributed by atoms with Crippen LogP contribution in [0.25, 0.3) is 5.76 Å². The number of anilines is 1. The van der Waals surface area contributed by atoms with Gasteiger partial charge in [-0.3, -0.25) is 19.3 Å². The van der Waals surface area contributed by atoms with Gasteiger partial charge in [0, 0.05) is 30.1 Å². The molecular weight excluding hydrogens is 492 g/mol. The van der Waals surface area contributed by atoms with Crippen molar-refractivity contribution in [1.82, 2.24) is 10.2 Å². The zero-order valence-electron chi connectivity index (χ0n) is 22.3. The van der Waals surface area contributed by atoms with Crippen molar-refractivity contribution >= 4 is 28.9 Å². The molecule has 0 spiro atoms. The van der Waals surface area contributed by atoms with Crippen LogP contribution in [0.1, 0.15) is 38.3 Å². The van der Waals surface area contributed by atoms with Crippen LogP contribution in [-0.4, -0.2) is 87.2 Å². The Balaban J connectivity index is 1.77. The predicted octanol–water partition coefficient (Wildman–Crippen LogP) is 0.764. The van der Waals surface area contributed by atoms with E-state index in [0.717, 1.165) is 0 Å². The number of carbonyl (C=O) groups is 3. The van der Waals surface area contributed by atoms with Crippen molar-refractivity contribution in [2.24, 2.45) is 17.6 Å². The van der Waals surface area contributed by atoms with E-state index in [9.17, 15) is 34.8 Å². The summed E-state index contributed by atoms with van der Waals surface area (Å²) in [5.41, 5.74) is 2.65. The summed E-state index contributed by atoms with van der Waals surface area (Å²) >= 11 is 0. The summed E-state index contributed by atoms with van der Waals surface area (Å²) in [5.74, 6) is -6.59. The van der Waals surface area contributed by atoms with Crippen molar-refractivity contribution in [1.29, 1.82) is 0 Å². The third-order valence-corrected chi connectivity index (χ3v) is 7.69. The molecule has 1 amide bonds. The van der Waals surface area contributed by atoms with E-state index in [4.69, 9.17) is 5.73 Å². The number of benzene rings is 1. The lowest BCUT2D eigenvalue weighted by Gasteiger charge is -2.50. The average Bonchev–Trinajstić information content (AvgIpc) is 2.79. The summed E-state index contributed by atoms with van der Waals surface area (Å²) in [6.45, 7) is 7.20. The molecule has 0 saturated heterocycles. The highest BCUT2D eigenvalue weighted by atomic mass is 16.3. The van der Waals surface area contributed by atoms with E-state index >= 15 is 0 Å². The molecule has 0 bridgehead atoms. The molecular formula is C27H36N4O7. The van der Waals surface area contributed by atoms with Crippen LogP contribution in [0.4, 0.5) is 5.69 Å². The van der Waals surface area contributed by atoms with Gasteiger partial charge in [0.1, 0.15) is 22.8 Å². The summed E-state index contributed by atoms with van der Waals surface area (Å²) < 4.78 is 0. The first-order valence-corrected chi connectivity index (χ1v) is 12.6. The molecule has 11 heteroatoms. The zero-order valence-corrected chi connectivity index (χ0v) is 22.3. The molecule has 1 aromatic rings. The molecule has 3 aliphatic carbocycles. The van der Waals surface area contributed by atoms with E-state index < -0.39 is 58.0 Å². The number of likely N-dealkylation sites (N-methyl/N-ethyl adjacent to an activating group) is 1. The maximum absolute atomic E-state index is 13.8. The van der Waals surface area contributed by atoms with Gasteiger partial charge < -0.3 is 36.8 Å². The number of amides is 1. The standard InChI is InChI=1S/C27H36N4O7/c1-26(2,3)30-9-8-29-15-7-6-12-10-13-11-14-19(31(4)5)22(34)18(25(28)37)24(36)27(14,38)23(35)17(13)21(33)16(12)20(15)32/h6-7,13-14,19,29-30,32-33,36,38H,8-11H2,1-5H3,(H2,28,37)/t13-,14-,19-,27-/m0/s1. The number of nitrogens with zero attached hydrogens (tertiary/aromatic N) is 1. The minimum Gasteiger partial charge on any atom is -0.508 e. The molecule has 8 N–H and O–H groups in total. The molecule has 4 atom stereocenters. The Morgan fingerprint density at radius 2 is 1.82 bits per heavy atom. The maximum Gasteiger partial charge on any atom is 0.255 e. The Morgan fingerprint density at radius 3 is 2.39 bits per heavy atom. The molecule has 1 saturated carbocycles. The van der Waals surface area contributed by atoms with Crippen molar-refractivity contribution in [3.05, 3.63) is 40.2 Å². The van der Waals surface area contributed by atoms with E-state index in [1.807, 2.05) is 20.8 Å². The van der Waals surface area contributed by atoms with Crippen LogP contribution < -0.4 is 16.4 Å². The Morgan fingerprint density at radius 1 is 1.16 bits per heavy atom. The first-order valence-electron chi connectivity index (χ1n) is 12.6. The molecule has 0 heterocycles. The number of fused-ring (bicyclic) bond motifs is 3. The Hall–Kier alpha value is -3.41. The van der Waals surface area contributed by atoms with Crippen molar-refractivity contribution in [2.75, 3.05) is 32.5 Å². The summed E-state index contributed by atoms with van der Waals surface area (Å²) in [5, 5.41) is 51.3. The van der Waals surface area contributed by atoms with Gasteiger partial charge in [0.25, 0.3) is 5.91 Å². The van der Waals surface area contributed by atoms with E-state index in [1.165, 1.54) is 4.90 Å². The Kier molecular flexibility index (Phi) is 6.84. The first-order chi connectivity index (χ1) is 17.6. The molecule has 38 heavy (non-hydrogen) atoms. The second-order valence-electron chi connectivity index (χ2n) is 11.6. The van der Waals surface area contributed by atoms with Crippen LogP contribution >= 0.6 is 0 Å². The molecule has 4 rings (SSSR count). The van der Waals surface area contributed by atoms with E-state index in [2.05, 4.69) is 10.6 Å². The lowest BCUT2D eigenvalue weighted by Crippen LogP contribution is -2.65. The number of phenolic OH excluding ortho intramolecular Hbond substituents is 1. The second-order valence-corrected chi connectivity index (χ2v) is 11.6.